The third kappa shape index (κ3) is 11.5. The number of unbranched alkanes of at least 4 members (excludes halogenated alkanes) is 1. The van der Waals surface area contributed by atoms with Gasteiger partial charge in [-0.1, -0.05) is 0 Å². The number of carboxylic acids is 1. The third-order valence-electron chi connectivity index (χ3n) is 1.32. The van der Waals surface area contributed by atoms with Gasteiger partial charge in [0, 0.05) is 12.4 Å². The summed E-state index contributed by atoms with van der Waals surface area (Å²) in [5.74, 6) is -1.34. The predicted molar refractivity (Wildman–Crippen MR) is 40.1 cm³/mol. The van der Waals surface area contributed by atoms with E-state index in [9.17, 15) is 14.7 Å². The van der Waals surface area contributed by atoms with Crippen molar-refractivity contribution in [1.29, 1.82) is 0 Å². The molecule has 0 amide bonds. The zero-order valence-electron chi connectivity index (χ0n) is 7.47. The number of carbonyl (C=O) groups excluding carboxylic acids is 2. The van der Waals surface area contributed by atoms with Crippen LogP contribution in [-0.4, -0.2) is 18.5 Å². The maximum atomic E-state index is 10.7. The van der Waals surface area contributed by atoms with Crippen LogP contribution in [0.1, 0.15) is 32.6 Å². The van der Waals surface area contributed by atoms with Crippen molar-refractivity contribution in [3.63, 3.8) is 0 Å². The summed E-state index contributed by atoms with van der Waals surface area (Å²) < 4.78 is 4.65. The fourth-order valence-corrected chi connectivity index (χ4v) is 0.772. The Morgan fingerprint density at radius 2 is 1.77 bits per heavy atom. The molecule has 0 atom stereocenters. The zero-order valence-corrected chi connectivity index (χ0v) is 8.41. The van der Waals surface area contributed by atoms with Crippen LogP contribution in [0, 0.1) is 0 Å². The Bertz CT molecular complexity index is 158. The van der Waals surface area contributed by atoms with Gasteiger partial charge >= 0.3 is 23.0 Å². The molecule has 0 aromatic rings. The number of aliphatic carboxylic acids is 1. The molecule has 0 aliphatic rings. The van der Waals surface area contributed by atoms with Gasteiger partial charge in [-0.3, -0.25) is 4.79 Å². The van der Waals surface area contributed by atoms with Crippen LogP contribution in [0.2, 0.25) is 0 Å². The Labute approximate surface area is 88.1 Å². The molecular weight excluding hydrogens is 224 g/mol. The normalized spacial score (nSPS) is 8.69. The molecule has 0 aromatic carbocycles. The van der Waals surface area contributed by atoms with E-state index >= 15 is 0 Å². The van der Waals surface area contributed by atoms with Crippen LogP contribution >= 0.6 is 0 Å². The van der Waals surface area contributed by atoms with Crippen LogP contribution < -0.4 is 5.11 Å². The minimum Gasteiger partial charge on any atom is -0.550 e. The van der Waals surface area contributed by atoms with E-state index in [4.69, 9.17) is 0 Å². The van der Waals surface area contributed by atoms with Crippen molar-refractivity contribution in [2.24, 2.45) is 0 Å². The fourth-order valence-electron chi connectivity index (χ4n) is 0.772. The van der Waals surface area contributed by atoms with Gasteiger partial charge in [-0.25, -0.2) is 0 Å². The largest absolute Gasteiger partial charge is 2.00 e. The quantitative estimate of drug-likeness (QED) is 0.366. The van der Waals surface area contributed by atoms with Gasteiger partial charge in [0.05, 0.1) is 6.61 Å². The summed E-state index contributed by atoms with van der Waals surface area (Å²) in [5, 5.41) is 9.94. The van der Waals surface area contributed by atoms with Crippen molar-refractivity contribution >= 4 is 11.9 Å². The van der Waals surface area contributed by atoms with E-state index in [1.165, 1.54) is 0 Å². The van der Waals surface area contributed by atoms with Gasteiger partial charge < -0.3 is 14.6 Å². The Kier molecular flexibility index (Phi) is 11.0. The van der Waals surface area contributed by atoms with E-state index in [0.717, 1.165) is 0 Å². The van der Waals surface area contributed by atoms with Crippen LogP contribution in [0.15, 0.2) is 0 Å². The number of rotatable bonds is 6. The van der Waals surface area contributed by atoms with Crippen LogP contribution in [0.3, 0.4) is 0 Å². The number of ether oxygens (including phenoxy) is 1. The average molecular weight is 237 g/mol. The van der Waals surface area contributed by atoms with Crippen LogP contribution in [0.4, 0.5) is 0 Å². The number of esters is 1. The van der Waals surface area contributed by atoms with Crippen molar-refractivity contribution in [1.82, 2.24) is 0 Å². The molecule has 0 saturated carbocycles. The van der Waals surface area contributed by atoms with E-state index in [-0.39, 0.29) is 29.5 Å². The molecule has 0 fully saturated rings. The summed E-state index contributed by atoms with van der Waals surface area (Å²) in [6.07, 6.45) is 1.33. The molecule has 1 radical (unpaired) electrons. The molecule has 0 bridgehead atoms. The Hall–Kier alpha value is -0.541. The predicted octanol–water partition coefficient (Wildman–Crippen LogP) is -0.143. The number of hydrogen-bond acceptors (Lipinski definition) is 4. The van der Waals surface area contributed by atoms with E-state index in [2.05, 4.69) is 4.74 Å². The minimum absolute atomic E-state index is 0. The molecule has 0 aliphatic carbocycles. The first-order chi connectivity index (χ1) is 5.66. The molecule has 0 spiro atoms. The van der Waals surface area contributed by atoms with Crippen molar-refractivity contribution in [3.8, 4) is 0 Å². The summed E-state index contributed by atoms with van der Waals surface area (Å²) >= 11 is 0. The van der Waals surface area contributed by atoms with Gasteiger partial charge in [0.15, 0.2) is 0 Å². The molecule has 13 heavy (non-hydrogen) atoms. The van der Waals surface area contributed by atoms with Crippen molar-refractivity contribution in [2.45, 2.75) is 32.6 Å². The molecule has 5 heteroatoms. The number of carbonyl (C=O) groups is 2. The van der Waals surface area contributed by atoms with E-state index in [1.807, 2.05) is 0 Å². The van der Waals surface area contributed by atoms with Gasteiger partial charge in [0.1, 0.15) is 0 Å². The topological polar surface area (TPSA) is 66.4 Å². The van der Waals surface area contributed by atoms with Crippen molar-refractivity contribution in [2.75, 3.05) is 6.61 Å². The smallest absolute Gasteiger partial charge is 0.550 e. The second-order valence-electron chi connectivity index (χ2n) is 2.38. The van der Waals surface area contributed by atoms with Gasteiger partial charge in [-0.2, -0.15) is 0 Å². The third-order valence-corrected chi connectivity index (χ3v) is 1.32. The maximum absolute atomic E-state index is 10.7. The Morgan fingerprint density at radius 3 is 2.23 bits per heavy atom. The first-order valence-corrected chi connectivity index (χ1v) is 4.02. The van der Waals surface area contributed by atoms with Crippen molar-refractivity contribution in [3.05, 3.63) is 0 Å². The Morgan fingerprint density at radius 1 is 1.23 bits per heavy atom. The van der Waals surface area contributed by atoms with Crippen LogP contribution in [-0.2, 0) is 31.4 Å². The summed E-state index contributed by atoms with van der Waals surface area (Å²) in [6, 6.07) is 0. The monoisotopic (exact) mass is 236 g/mol. The maximum Gasteiger partial charge on any atom is 2.00 e. The molecule has 0 saturated heterocycles. The molecular formula is C8H13CuO4+. The van der Waals surface area contributed by atoms with Crippen LogP contribution in [0.5, 0.6) is 0 Å². The molecule has 0 rings (SSSR count). The standard InChI is InChI=1S/C8H14O4.Cu/c1-2-12-8(11)6-4-3-5-7(9)10;/h2-6H2,1H3,(H,9,10);/q;+2/p-1. The molecule has 79 valence electrons. The molecule has 0 aromatic heterocycles. The number of carboxylic acid groups (broad SMARTS) is 1. The molecule has 4 nitrogen and oxygen atoms in total. The second-order valence-corrected chi connectivity index (χ2v) is 2.38. The van der Waals surface area contributed by atoms with Gasteiger partial charge in [-0.05, 0) is 26.2 Å². The van der Waals surface area contributed by atoms with Crippen LogP contribution in [0.25, 0.3) is 0 Å². The fraction of sp³-hybridized carbons (Fsp3) is 0.750. The summed E-state index contributed by atoms with van der Waals surface area (Å²) in [4.78, 5) is 20.6. The Balaban J connectivity index is 0. The molecule has 0 aliphatic heterocycles. The molecule has 0 N–H and O–H groups in total. The first-order valence-electron chi connectivity index (χ1n) is 4.02. The molecule has 0 heterocycles. The van der Waals surface area contributed by atoms with Gasteiger partial charge in [-0.15, -0.1) is 0 Å². The SMILES string of the molecule is CCOC(=O)CCCCC(=O)[O-].[Cu+2]. The van der Waals surface area contributed by atoms with Gasteiger partial charge in [0.25, 0.3) is 0 Å². The van der Waals surface area contributed by atoms with E-state index < -0.39 is 5.97 Å². The minimum atomic E-state index is -1.07. The summed E-state index contributed by atoms with van der Waals surface area (Å²) in [7, 11) is 0. The summed E-state index contributed by atoms with van der Waals surface area (Å²) in [6.45, 7) is 2.11. The van der Waals surface area contributed by atoms with E-state index in [1.54, 1.807) is 6.92 Å². The second kappa shape index (κ2) is 9.55. The average Bonchev–Trinajstić information content (AvgIpc) is 1.98. The zero-order chi connectivity index (χ0) is 9.40. The molecule has 0 unspecified atom stereocenters. The van der Waals surface area contributed by atoms with Crippen molar-refractivity contribution < 1.29 is 36.5 Å². The summed E-state index contributed by atoms with van der Waals surface area (Å²) in [5.41, 5.74) is 0. The first kappa shape index (κ1) is 15.0. The van der Waals surface area contributed by atoms with E-state index in [0.29, 0.717) is 25.9 Å². The number of hydrogen-bond donors (Lipinski definition) is 0. The van der Waals surface area contributed by atoms with Gasteiger partial charge in [0.2, 0.25) is 0 Å².